The number of alkyl halides is 4. The number of aliphatic carboxylic acids is 1. The molecule has 31 heavy (non-hydrogen) atoms. The van der Waals surface area contributed by atoms with Crippen LogP contribution in [0.3, 0.4) is 0 Å². The summed E-state index contributed by atoms with van der Waals surface area (Å²) in [6.45, 7) is 4.74. The van der Waals surface area contributed by atoms with E-state index in [0.717, 1.165) is 6.92 Å². The first-order chi connectivity index (χ1) is 14.4. The maximum atomic E-state index is 15.1. The minimum absolute atomic E-state index is 0.0152. The zero-order valence-corrected chi connectivity index (χ0v) is 18.3. The van der Waals surface area contributed by atoms with Crippen LogP contribution >= 0.6 is 0 Å². The molecule has 0 spiro atoms. The molecule has 2 rings (SSSR count). The second-order valence-corrected chi connectivity index (χ2v) is 9.16. The highest BCUT2D eigenvalue weighted by molar-refractivity contribution is 5.66. The Kier molecular flexibility index (Phi) is 8.73. The lowest BCUT2D eigenvalue weighted by Gasteiger charge is -2.35. The van der Waals surface area contributed by atoms with Crippen LogP contribution in [0.25, 0.3) is 0 Å². The van der Waals surface area contributed by atoms with Crippen molar-refractivity contribution in [1.82, 2.24) is 0 Å². The Bertz CT molecular complexity index is 662. The largest absolute Gasteiger partial charge is 0.481 e. The molecule has 1 saturated carbocycles. The van der Waals surface area contributed by atoms with Gasteiger partial charge in [-0.2, -0.15) is 13.2 Å². The summed E-state index contributed by atoms with van der Waals surface area (Å²) in [5.74, 6) is -1.76. The van der Waals surface area contributed by atoms with Crippen LogP contribution in [0.4, 0.5) is 17.6 Å². The first-order valence-electron chi connectivity index (χ1n) is 11.0. The van der Waals surface area contributed by atoms with Crippen LogP contribution in [-0.4, -0.2) is 46.8 Å². The van der Waals surface area contributed by atoms with Gasteiger partial charge in [-0.1, -0.05) is 51.0 Å². The Balaban J connectivity index is 2.10. The standard InChI is InChI=1S/C23H34F4O4/c1-4-5-12-22(3,23(25,26)27)18(28)11-10-15-14(2)13-17-20(15)21(24)16(31-17)8-6-7-9-19(29)30/h6,8,10-11,14-18,20-21,28H,4-5,7,9,12-13H2,1-3H3,(H,29,30)/b8-6+,11-10+/t14-,15+,16?,17+,18-,20-,21?,22?/m1/s1. The van der Waals surface area contributed by atoms with Gasteiger partial charge in [0.15, 0.2) is 0 Å². The lowest BCUT2D eigenvalue weighted by molar-refractivity contribution is -0.244. The van der Waals surface area contributed by atoms with Crippen LogP contribution in [-0.2, 0) is 9.53 Å². The number of aliphatic hydroxyl groups is 1. The first kappa shape index (κ1) is 25.8. The van der Waals surface area contributed by atoms with Gasteiger partial charge in [-0.3, -0.25) is 4.79 Å². The van der Waals surface area contributed by atoms with Crippen molar-refractivity contribution < 1.29 is 37.3 Å². The summed E-state index contributed by atoms with van der Waals surface area (Å²) < 4.78 is 61.9. The fourth-order valence-corrected chi connectivity index (χ4v) is 4.72. The van der Waals surface area contributed by atoms with Crippen molar-refractivity contribution in [3.63, 3.8) is 0 Å². The summed E-state index contributed by atoms with van der Waals surface area (Å²) in [6, 6.07) is 0. The molecule has 8 atom stereocenters. The lowest BCUT2D eigenvalue weighted by atomic mass is 9.77. The molecule has 1 heterocycles. The minimum atomic E-state index is -4.55. The fourth-order valence-electron chi connectivity index (χ4n) is 4.72. The smallest absolute Gasteiger partial charge is 0.397 e. The van der Waals surface area contributed by atoms with Gasteiger partial charge in [0.1, 0.15) is 12.3 Å². The molecule has 2 aliphatic rings. The molecule has 8 heteroatoms. The quantitative estimate of drug-likeness (QED) is 0.343. The van der Waals surface area contributed by atoms with Crippen LogP contribution in [0.5, 0.6) is 0 Å². The van der Waals surface area contributed by atoms with Crippen LogP contribution in [0.1, 0.15) is 59.3 Å². The average molecular weight is 451 g/mol. The van der Waals surface area contributed by atoms with Gasteiger partial charge in [0, 0.05) is 12.3 Å². The third kappa shape index (κ3) is 5.89. The molecule has 0 aromatic rings. The molecule has 3 unspecified atom stereocenters. The molecular weight excluding hydrogens is 416 g/mol. The number of hydrogen-bond acceptors (Lipinski definition) is 3. The zero-order chi connectivity index (χ0) is 23.4. The monoisotopic (exact) mass is 450 g/mol. The molecule has 1 aliphatic heterocycles. The Morgan fingerprint density at radius 2 is 1.97 bits per heavy atom. The molecule has 178 valence electrons. The van der Waals surface area contributed by atoms with Crippen molar-refractivity contribution in [1.29, 1.82) is 0 Å². The predicted molar refractivity (Wildman–Crippen MR) is 109 cm³/mol. The van der Waals surface area contributed by atoms with Crippen LogP contribution in [0.15, 0.2) is 24.3 Å². The van der Waals surface area contributed by atoms with Gasteiger partial charge >= 0.3 is 12.1 Å². The summed E-state index contributed by atoms with van der Waals surface area (Å²) in [5, 5.41) is 19.1. The van der Waals surface area contributed by atoms with E-state index in [0.29, 0.717) is 19.3 Å². The summed E-state index contributed by atoms with van der Waals surface area (Å²) in [4.78, 5) is 10.6. The summed E-state index contributed by atoms with van der Waals surface area (Å²) >= 11 is 0. The molecule has 1 saturated heterocycles. The van der Waals surface area contributed by atoms with Crippen molar-refractivity contribution in [2.24, 2.45) is 23.2 Å². The van der Waals surface area contributed by atoms with Crippen molar-refractivity contribution in [2.75, 3.05) is 0 Å². The molecule has 0 bridgehead atoms. The normalized spacial score (nSPS) is 34.3. The van der Waals surface area contributed by atoms with Crippen LogP contribution in [0, 0.1) is 23.2 Å². The number of hydrogen-bond donors (Lipinski definition) is 2. The third-order valence-corrected chi connectivity index (χ3v) is 6.86. The van der Waals surface area contributed by atoms with E-state index in [4.69, 9.17) is 9.84 Å². The molecular formula is C23H34F4O4. The fraction of sp³-hybridized carbons (Fsp3) is 0.783. The third-order valence-electron chi connectivity index (χ3n) is 6.86. The van der Waals surface area contributed by atoms with Crippen molar-refractivity contribution in [3.8, 4) is 0 Å². The molecule has 0 aromatic carbocycles. The minimum Gasteiger partial charge on any atom is -0.481 e. The Morgan fingerprint density at radius 1 is 1.29 bits per heavy atom. The number of rotatable bonds is 10. The SMILES string of the molecule is CCCCC(C)([C@H](O)/C=C/[C@@H]1[C@H]2C(F)C(/C=C/CCC(=O)O)O[C@H]2C[C@H]1C)C(F)(F)F. The zero-order valence-electron chi connectivity index (χ0n) is 18.3. The number of unbranched alkanes of at least 4 members (excludes halogenated alkanes) is 1. The van der Waals surface area contributed by atoms with Gasteiger partial charge in [0.05, 0.1) is 17.6 Å². The van der Waals surface area contributed by atoms with E-state index in [1.165, 1.54) is 12.2 Å². The highest BCUT2D eigenvalue weighted by atomic mass is 19.4. The summed E-state index contributed by atoms with van der Waals surface area (Å²) in [6.07, 6.45) is -1.31. The number of aliphatic hydroxyl groups excluding tert-OH is 1. The van der Waals surface area contributed by atoms with E-state index in [1.807, 2.05) is 6.92 Å². The Labute approximate surface area is 181 Å². The second-order valence-electron chi connectivity index (χ2n) is 9.16. The molecule has 1 aliphatic carbocycles. The topological polar surface area (TPSA) is 66.8 Å². The number of carboxylic acids is 1. The highest BCUT2D eigenvalue weighted by Gasteiger charge is 2.55. The van der Waals surface area contributed by atoms with Gasteiger partial charge in [-0.15, -0.1) is 0 Å². The predicted octanol–water partition coefficient (Wildman–Crippen LogP) is 5.46. The molecule has 0 aromatic heterocycles. The number of allylic oxidation sites excluding steroid dienone is 2. The highest BCUT2D eigenvalue weighted by Crippen LogP contribution is 2.50. The van der Waals surface area contributed by atoms with E-state index < -0.39 is 41.9 Å². The van der Waals surface area contributed by atoms with Gasteiger partial charge < -0.3 is 14.9 Å². The molecule has 4 nitrogen and oxygen atoms in total. The molecule has 0 radical (unpaired) electrons. The molecule has 2 fully saturated rings. The van der Waals surface area contributed by atoms with Gasteiger partial charge in [-0.05, 0) is 38.0 Å². The van der Waals surface area contributed by atoms with E-state index in [9.17, 15) is 23.1 Å². The summed E-state index contributed by atoms with van der Waals surface area (Å²) in [7, 11) is 0. The van der Waals surface area contributed by atoms with E-state index >= 15 is 4.39 Å². The average Bonchev–Trinajstić information content (AvgIpc) is 3.14. The number of halogens is 4. The number of carboxylic acid groups (broad SMARTS) is 1. The maximum absolute atomic E-state index is 15.1. The van der Waals surface area contributed by atoms with Crippen LogP contribution in [0.2, 0.25) is 0 Å². The number of ether oxygens (including phenoxy) is 1. The maximum Gasteiger partial charge on any atom is 0.397 e. The van der Waals surface area contributed by atoms with Crippen molar-refractivity contribution in [3.05, 3.63) is 24.3 Å². The van der Waals surface area contributed by atoms with Gasteiger partial charge in [0.2, 0.25) is 0 Å². The van der Waals surface area contributed by atoms with E-state index in [-0.39, 0.29) is 37.2 Å². The van der Waals surface area contributed by atoms with Crippen molar-refractivity contribution in [2.45, 2.75) is 90.0 Å². The molecule has 0 amide bonds. The number of fused-ring (bicyclic) bond motifs is 1. The Morgan fingerprint density at radius 3 is 2.55 bits per heavy atom. The van der Waals surface area contributed by atoms with Gasteiger partial charge in [0.25, 0.3) is 0 Å². The van der Waals surface area contributed by atoms with E-state index in [2.05, 4.69) is 0 Å². The van der Waals surface area contributed by atoms with Crippen LogP contribution < -0.4 is 0 Å². The van der Waals surface area contributed by atoms with Crippen molar-refractivity contribution >= 4 is 5.97 Å². The van der Waals surface area contributed by atoms with E-state index in [1.54, 1.807) is 19.1 Å². The molecule has 2 N–H and O–H groups in total. The second kappa shape index (κ2) is 10.5. The Hall–Kier alpha value is -1.41. The number of carbonyl (C=O) groups is 1. The lowest BCUT2D eigenvalue weighted by Crippen LogP contribution is -2.44. The summed E-state index contributed by atoms with van der Waals surface area (Å²) in [5.41, 5.74) is -2.25. The van der Waals surface area contributed by atoms with Gasteiger partial charge in [-0.25, -0.2) is 4.39 Å². The first-order valence-corrected chi connectivity index (χ1v) is 11.0.